The normalized spacial score (nSPS) is 12.2. The van der Waals surface area contributed by atoms with Gasteiger partial charge < -0.3 is 15.4 Å². The molecule has 1 aromatic carbocycles. The molecule has 0 bridgehead atoms. The van der Waals surface area contributed by atoms with Crippen molar-refractivity contribution < 1.29 is 14.7 Å². The third-order valence-corrected chi connectivity index (χ3v) is 5.22. The van der Waals surface area contributed by atoms with Gasteiger partial charge in [-0.25, -0.2) is 0 Å². The Balaban J connectivity index is 1.54. The van der Waals surface area contributed by atoms with Crippen LogP contribution in [-0.2, 0) is 16.0 Å². The molecule has 1 unspecified atom stereocenters. The first-order valence-corrected chi connectivity index (χ1v) is 9.08. The molecule has 0 aliphatic rings. The van der Waals surface area contributed by atoms with Crippen LogP contribution in [0.5, 0.6) is 0 Å². The SMILES string of the molecule is O=C(O)CC(CC(=O)NCCc1c[nH]c2ccccc12)c1cccs1. The van der Waals surface area contributed by atoms with Crippen molar-refractivity contribution >= 4 is 34.1 Å². The molecule has 2 aromatic heterocycles. The topological polar surface area (TPSA) is 82.2 Å². The first-order chi connectivity index (χ1) is 12.1. The van der Waals surface area contributed by atoms with Crippen LogP contribution in [0.25, 0.3) is 10.9 Å². The van der Waals surface area contributed by atoms with Crippen LogP contribution in [0.3, 0.4) is 0 Å². The minimum absolute atomic E-state index is 0.0314. The molecule has 5 nitrogen and oxygen atoms in total. The van der Waals surface area contributed by atoms with Gasteiger partial charge in [-0.15, -0.1) is 11.3 Å². The van der Waals surface area contributed by atoms with E-state index in [4.69, 9.17) is 5.11 Å². The molecule has 2 heterocycles. The number of nitrogens with one attached hydrogen (secondary N) is 2. The molecule has 1 atom stereocenters. The summed E-state index contributed by atoms with van der Waals surface area (Å²) in [5.74, 6) is -1.27. The van der Waals surface area contributed by atoms with Crippen LogP contribution in [0, 0.1) is 0 Å². The van der Waals surface area contributed by atoms with E-state index >= 15 is 0 Å². The maximum atomic E-state index is 12.2. The third-order valence-electron chi connectivity index (χ3n) is 4.19. The second-order valence-corrected chi connectivity index (χ2v) is 6.95. The van der Waals surface area contributed by atoms with Crippen LogP contribution in [0.1, 0.15) is 29.2 Å². The number of carboxylic acid groups (broad SMARTS) is 1. The average Bonchev–Trinajstić information content (AvgIpc) is 3.24. The van der Waals surface area contributed by atoms with Crippen LogP contribution in [-0.4, -0.2) is 28.5 Å². The standard InChI is InChI=1S/C19H20N2O3S/c22-18(10-14(11-19(23)24)17-6-3-9-25-17)20-8-7-13-12-21-16-5-2-1-4-15(13)16/h1-6,9,12,14,21H,7-8,10-11H2,(H,20,22)(H,23,24). The molecule has 3 rings (SSSR count). The lowest BCUT2D eigenvalue weighted by Crippen LogP contribution is -2.27. The molecular formula is C19H20N2O3S. The second kappa shape index (κ2) is 7.98. The Morgan fingerprint density at radius 1 is 1.16 bits per heavy atom. The highest BCUT2D eigenvalue weighted by atomic mass is 32.1. The van der Waals surface area contributed by atoms with Gasteiger partial charge in [0.15, 0.2) is 0 Å². The minimum atomic E-state index is -0.884. The van der Waals surface area contributed by atoms with Crippen molar-refractivity contribution in [2.75, 3.05) is 6.54 Å². The second-order valence-electron chi connectivity index (χ2n) is 5.97. The van der Waals surface area contributed by atoms with Gasteiger partial charge in [0.2, 0.25) is 5.91 Å². The lowest BCUT2D eigenvalue weighted by Gasteiger charge is -2.13. The zero-order valence-corrected chi connectivity index (χ0v) is 14.5. The molecule has 0 aliphatic heterocycles. The van der Waals surface area contributed by atoms with Crippen molar-refractivity contribution in [2.45, 2.75) is 25.2 Å². The highest BCUT2D eigenvalue weighted by Crippen LogP contribution is 2.27. The van der Waals surface area contributed by atoms with Crippen molar-refractivity contribution in [1.29, 1.82) is 0 Å². The Morgan fingerprint density at radius 3 is 2.76 bits per heavy atom. The van der Waals surface area contributed by atoms with Crippen molar-refractivity contribution in [3.63, 3.8) is 0 Å². The summed E-state index contributed by atoms with van der Waals surface area (Å²) in [5.41, 5.74) is 2.25. The van der Waals surface area contributed by atoms with Gasteiger partial charge in [-0.1, -0.05) is 24.3 Å². The number of aliphatic carboxylic acids is 1. The van der Waals surface area contributed by atoms with Gasteiger partial charge in [-0.05, 0) is 29.5 Å². The smallest absolute Gasteiger partial charge is 0.304 e. The van der Waals surface area contributed by atoms with Gasteiger partial charge in [0.05, 0.1) is 6.42 Å². The van der Waals surface area contributed by atoms with E-state index in [-0.39, 0.29) is 24.7 Å². The van der Waals surface area contributed by atoms with E-state index in [1.807, 2.05) is 41.9 Å². The number of carboxylic acids is 1. The lowest BCUT2D eigenvalue weighted by atomic mass is 9.99. The largest absolute Gasteiger partial charge is 0.481 e. The number of aromatic amines is 1. The van der Waals surface area contributed by atoms with Crippen LogP contribution < -0.4 is 5.32 Å². The zero-order chi connectivity index (χ0) is 17.6. The number of benzene rings is 1. The Labute approximate surface area is 149 Å². The quantitative estimate of drug-likeness (QED) is 0.577. The summed E-state index contributed by atoms with van der Waals surface area (Å²) in [4.78, 5) is 27.4. The van der Waals surface area contributed by atoms with E-state index in [1.165, 1.54) is 16.7 Å². The number of hydrogen-bond acceptors (Lipinski definition) is 3. The molecular weight excluding hydrogens is 336 g/mol. The molecule has 3 aromatic rings. The first kappa shape index (κ1) is 17.2. The zero-order valence-electron chi connectivity index (χ0n) is 13.7. The fourth-order valence-corrected chi connectivity index (χ4v) is 3.81. The number of fused-ring (bicyclic) bond motifs is 1. The maximum Gasteiger partial charge on any atom is 0.304 e. The third kappa shape index (κ3) is 4.48. The number of carbonyl (C=O) groups excluding carboxylic acids is 1. The molecule has 0 saturated heterocycles. The van der Waals surface area contributed by atoms with Crippen LogP contribution in [0.4, 0.5) is 0 Å². The van der Waals surface area contributed by atoms with Gasteiger partial charge >= 0.3 is 5.97 Å². The van der Waals surface area contributed by atoms with Gasteiger partial charge in [0, 0.05) is 40.9 Å². The molecule has 130 valence electrons. The predicted octanol–water partition coefficient (Wildman–Crippen LogP) is 3.54. The molecule has 0 radical (unpaired) electrons. The Bertz CT molecular complexity index is 855. The molecule has 25 heavy (non-hydrogen) atoms. The number of hydrogen-bond donors (Lipinski definition) is 3. The summed E-state index contributed by atoms with van der Waals surface area (Å²) < 4.78 is 0. The summed E-state index contributed by atoms with van der Waals surface area (Å²) in [6.07, 6.45) is 2.87. The number of rotatable bonds is 8. The molecule has 0 aliphatic carbocycles. The van der Waals surface area contributed by atoms with E-state index in [1.54, 1.807) is 0 Å². The fourth-order valence-electron chi connectivity index (χ4n) is 2.98. The van der Waals surface area contributed by atoms with Gasteiger partial charge in [-0.2, -0.15) is 0 Å². The lowest BCUT2D eigenvalue weighted by molar-refractivity contribution is -0.137. The summed E-state index contributed by atoms with van der Waals surface area (Å²) >= 11 is 1.49. The summed E-state index contributed by atoms with van der Waals surface area (Å²) in [6, 6.07) is 11.8. The van der Waals surface area contributed by atoms with Crippen molar-refractivity contribution in [3.8, 4) is 0 Å². The number of H-pyrrole nitrogens is 1. The monoisotopic (exact) mass is 356 g/mol. The molecule has 0 saturated carbocycles. The number of amides is 1. The number of aromatic nitrogens is 1. The van der Waals surface area contributed by atoms with E-state index in [0.717, 1.165) is 22.4 Å². The summed E-state index contributed by atoms with van der Waals surface area (Å²) in [7, 11) is 0. The van der Waals surface area contributed by atoms with Crippen molar-refractivity contribution in [2.24, 2.45) is 0 Å². The molecule has 1 amide bonds. The van der Waals surface area contributed by atoms with E-state index in [9.17, 15) is 9.59 Å². The Hall–Kier alpha value is -2.60. The average molecular weight is 356 g/mol. The van der Waals surface area contributed by atoms with E-state index < -0.39 is 5.97 Å². The molecule has 0 spiro atoms. The molecule has 3 N–H and O–H groups in total. The van der Waals surface area contributed by atoms with Gasteiger partial charge in [0.1, 0.15) is 0 Å². The van der Waals surface area contributed by atoms with Crippen LogP contribution in [0.15, 0.2) is 48.0 Å². The highest BCUT2D eigenvalue weighted by Gasteiger charge is 2.20. The highest BCUT2D eigenvalue weighted by molar-refractivity contribution is 7.10. The Kier molecular flexibility index (Phi) is 5.50. The van der Waals surface area contributed by atoms with E-state index in [0.29, 0.717) is 6.54 Å². The Morgan fingerprint density at radius 2 is 2.00 bits per heavy atom. The van der Waals surface area contributed by atoms with E-state index in [2.05, 4.69) is 16.4 Å². The number of thiophene rings is 1. The first-order valence-electron chi connectivity index (χ1n) is 8.20. The van der Waals surface area contributed by atoms with Crippen LogP contribution >= 0.6 is 11.3 Å². The number of para-hydroxylation sites is 1. The van der Waals surface area contributed by atoms with Gasteiger partial charge in [-0.3, -0.25) is 9.59 Å². The van der Waals surface area contributed by atoms with Crippen LogP contribution in [0.2, 0.25) is 0 Å². The predicted molar refractivity (Wildman–Crippen MR) is 98.9 cm³/mol. The molecule has 6 heteroatoms. The molecule has 0 fully saturated rings. The summed E-state index contributed by atoms with van der Waals surface area (Å²) in [5, 5.41) is 15.0. The van der Waals surface area contributed by atoms with Crippen molar-refractivity contribution in [1.82, 2.24) is 10.3 Å². The summed E-state index contributed by atoms with van der Waals surface area (Å²) in [6.45, 7) is 0.533. The fraction of sp³-hybridized carbons (Fsp3) is 0.263. The maximum absolute atomic E-state index is 12.2. The number of carbonyl (C=O) groups is 2. The van der Waals surface area contributed by atoms with Crippen molar-refractivity contribution in [3.05, 3.63) is 58.4 Å². The van der Waals surface area contributed by atoms with Gasteiger partial charge in [0.25, 0.3) is 0 Å². The minimum Gasteiger partial charge on any atom is -0.481 e.